The monoisotopic (exact) mass is 242 g/mol. The number of amidine groups is 1. The van der Waals surface area contributed by atoms with E-state index >= 15 is 0 Å². The minimum Gasteiger partial charge on any atom is -0.371 e. The zero-order valence-electron chi connectivity index (χ0n) is 13.0. The van der Waals surface area contributed by atoms with E-state index in [-0.39, 0.29) is 16.4 Å². The van der Waals surface area contributed by atoms with Crippen molar-refractivity contribution in [3.05, 3.63) is 0 Å². The van der Waals surface area contributed by atoms with Crippen LogP contribution in [0, 0.1) is 10.8 Å². The molecule has 0 radical (unpaired) electrons. The van der Waals surface area contributed by atoms with E-state index < -0.39 is 6.23 Å². The first-order chi connectivity index (χ1) is 7.23. The summed E-state index contributed by atoms with van der Waals surface area (Å²) in [4.78, 5) is 4.47. The summed E-state index contributed by atoms with van der Waals surface area (Å²) in [7, 11) is 0. The van der Waals surface area contributed by atoms with Crippen LogP contribution in [0.3, 0.4) is 0 Å². The molecule has 0 aliphatic heterocycles. The van der Waals surface area contributed by atoms with Crippen molar-refractivity contribution in [1.29, 1.82) is 0 Å². The molecule has 1 unspecified atom stereocenters. The summed E-state index contributed by atoms with van der Waals surface area (Å²) in [6, 6.07) is 0. The predicted octanol–water partition coefficient (Wildman–Crippen LogP) is 3.18. The second-order valence-corrected chi connectivity index (χ2v) is 7.84. The van der Waals surface area contributed by atoms with E-state index in [1.165, 1.54) is 0 Å². The number of rotatable bonds is 1. The predicted molar refractivity (Wildman–Crippen MR) is 75.2 cm³/mol. The second-order valence-electron chi connectivity index (χ2n) is 7.84. The van der Waals surface area contributed by atoms with Gasteiger partial charge in [-0.1, -0.05) is 41.5 Å². The fourth-order valence-electron chi connectivity index (χ4n) is 1.08. The number of aliphatic imine (C=N–C) groups is 1. The van der Waals surface area contributed by atoms with E-state index in [1.807, 2.05) is 20.8 Å². The summed E-state index contributed by atoms with van der Waals surface area (Å²) in [5.41, 5.74) is -0.390. The Kier molecular flexibility index (Phi) is 4.80. The van der Waals surface area contributed by atoms with Gasteiger partial charge in [-0.25, -0.2) is 4.99 Å². The molecule has 3 heteroatoms. The molecule has 1 atom stereocenters. The number of nitrogens with zero attached hydrogens (tertiary/aromatic N) is 1. The van der Waals surface area contributed by atoms with Crippen molar-refractivity contribution in [2.24, 2.45) is 15.8 Å². The Morgan fingerprint density at radius 1 is 0.941 bits per heavy atom. The van der Waals surface area contributed by atoms with E-state index in [1.54, 1.807) is 0 Å². The Bertz CT molecular complexity index is 274. The maximum atomic E-state index is 10.1. The van der Waals surface area contributed by atoms with E-state index in [0.717, 1.165) is 5.84 Å². The van der Waals surface area contributed by atoms with E-state index in [0.29, 0.717) is 0 Å². The number of aliphatic hydroxyl groups excluding tert-OH is 1. The topological polar surface area (TPSA) is 44.6 Å². The maximum Gasteiger partial charge on any atom is 0.151 e. The molecule has 0 saturated carbocycles. The summed E-state index contributed by atoms with van der Waals surface area (Å²) in [6.07, 6.45) is -0.688. The summed E-state index contributed by atoms with van der Waals surface area (Å²) in [5, 5.41) is 13.5. The van der Waals surface area contributed by atoms with Gasteiger partial charge in [0.2, 0.25) is 0 Å². The minimum atomic E-state index is -0.688. The third-order valence-corrected chi connectivity index (χ3v) is 2.23. The molecule has 0 aliphatic carbocycles. The average molecular weight is 242 g/mol. The fraction of sp³-hybridized carbons (Fsp3) is 0.929. The highest BCUT2D eigenvalue weighted by Gasteiger charge is 2.28. The molecule has 0 bridgehead atoms. The first kappa shape index (κ1) is 16.4. The third kappa shape index (κ3) is 6.67. The highest BCUT2D eigenvalue weighted by molar-refractivity contribution is 5.87. The quantitative estimate of drug-likeness (QED) is 0.548. The molecular weight excluding hydrogens is 212 g/mol. The van der Waals surface area contributed by atoms with Crippen LogP contribution >= 0.6 is 0 Å². The Balaban J connectivity index is 5.15. The number of hydrogen-bond donors (Lipinski definition) is 2. The first-order valence-corrected chi connectivity index (χ1v) is 6.28. The van der Waals surface area contributed by atoms with Gasteiger partial charge in [-0.05, 0) is 20.8 Å². The van der Waals surface area contributed by atoms with Gasteiger partial charge in [0, 0.05) is 16.4 Å². The fourth-order valence-corrected chi connectivity index (χ4v) is 1.08. The van der Waals surface area contributed by atoms with Gasteiger partial charge in [0.1, 0.15) is 5.84 Å². The zero-order valence-corrected chi connectivity index (χ0v) is 13.0. The molecule has 0 aromatic heterocycles. The van der Waals surface area contributed by atoms with Gasteiger partial charge in [0.15, 0.2) is 6.23 Å². The van der Waals surface area contributed by atoms with Gasteiger partial charge in [0.05, 0.1) is 0 Å². The van der Waals surface area contributed by atoms with Crippen molar-refractivity contribution in [1.82, 2.24) is 5.32 Å². The lowest BCUT2D eigenvalue weighted by atomic mass is 9.91. The van der Waals surface area contributed by atoms with Crippen LogP contribution in [-0.2, 0) is 0 Å². The Morgan fingerprint density at radius 3 is 1.59 bits per heavy atom. The molecule has 0 aliphatic rings. The van der Waals surface area contributed by atoms with Crippen molar-refractivity contribution in [3.8, 4) is 0 Å². The first-order valence-electron chi connectivity index (χ1n) is 6.28. The lowest BCUT2D eigenvalue weighted by Gasteiger charge is -2.33. The summed E-state index contributed by atoms with van der Waals surface area (Å²) in [6.45, 7) is 18.5. The van der Waals surface area contributed by atoms with Crippen molar-refractivity contribution in [2.45, 2.75) is 74.1 Å². The summed E-state index contributed by atoms with van der Waals surface area (Å²) in [5.74, 6) is 0.854. The van der Waals surface area contributed by atoms with Crippen LogP contribution in [0.5, 0.6) is 0 Å². The molecule has 0 fully saturated rings. The van der Waals surface area contributed by atoms with E-state index in [9.17, 15) is 5.11 Å². The van der Waals surface area contributed by atoms with Gasteiger partial charge in [-0.15, -0.1) is 0 Å². The molecule has 0 aromatic carbocycles. The SMILES string of the molecule is CC(C)(C)N/C(=N/C(O)C(C)(C)C)C(C)(C)C. The van der Waals surface area contributed by atoms with Gasteiger partial charge < -0.3 is 10.4 Å². The van der Waals surface area contributed by atoms with Crippen molar-refractivity contribution >= 4 is 5.84 Å². The molecule has 2 N–H and O–H groups in total. The highest BCUT2D eigenvalue weighted by atomic mass is 16.3. The highest BCUT2D eigenvalue weighted by Crippen LogP contribution is 2.23. The average Bonchev–Trinajstić information content (AvgIpc) is 1.96. The molecule has 0 heterocycles. The lowest BCUT2D eigenvalue weighted by Crippen LogP contribution is -2.47. The second kappa shape index (κ2) is 4.97. The van der Waals surface area contributed by atoms with Crippen LogP contribution < -0.4 is 5.32 Å². The molecule has 0 amide bonds. The third-order valence-electron chi connectivity index (χ3n) is 2.23. The van der Waals surface area contributed by atoms with Gasteiger partial charge in [-0.2, -0.15) is 0 Å². The molecule has 17 heavy (non-hydrogen) atoms. The Hall–Kier alpha value is -0.570. The molecule has 0 spiro atoms. The minimum absolute atomic E-state index is 0.0519. The van der Waals surface area contributed by atoms with Crippen LogP contribution in [0.15, 0.2) is 4.99 Å². The number of hydrogen-bond acceptors (Lipinski definition) is 2. The molecule has 102 valence electrons. The maximum absolute atomic E-state index is 10.1. The zero-order chi connectivity index (χ0) is 14.1. The van der Waals surface area contributed by atoms with E-state index in [2.05, 4.69) is 51.9 Å². The van der Waals surface area contributed by atoms with Gasteiger partial charge >= 0.3 is 0 Å². The Labute approximate surface area is 107 Å². The van der Waals surface area contributed by atoms with E-state index in [4.69, 9.17) is 0 Å². The summed E-state index contributed by atoms with van der Waals surface area (Å²) < 4.78 is 0. The number of aliphatic hydroxyl groups is 1. The summed E-state index contributed by atoms with van der Waals surface area (Å²) >= 11 is 0. The van der Waals surface area contributed by atoms with Crippen LogP contribution in [0.25, 0.3) is 0 Å². The number of nitrogens with one attached hydrogen (secondary N) is 1. The molecular formula is C14H30N2O. The van der Waals surface area contributed by atoms with Crippen LogP contribution in [0.2, 0.25) is 0 Å². The lowest BCUT2D eigenvalue weighted by molar-refractivity contribution is 0.0700. The van der Waals surface area contributed by atoms with Crippen LogP contribution in [0.4, 0.5) is 0 Å². The Morgan fingerprint density at radius 2 is 1.35 bits per heavy atom. The van der Waals surface area contributed by atoms with Gasteiger partial charge in [0.25, 0.3) is 0 Å². The normalized spacial score (nSPS) is 16.9. The van der Waals surface area contributed by atoms with Crippen molar-refractivity contribution < 1.29 is 5.11 Å². The molecule has 3 nitrogen and oxygen atoms in total. The molecule has 0 aromatic rings. The smallest absolute Gasteiger partial charge is 0.151 e. The van der Waals surface area contributed by atoms with Crippen molar-refractivity contribution in [3.63, 3.8) is 0 Å². The van der Waals surface area contributed by atoms with Crippen molar-refractivity contribution in [2.75, 3.05) is 0 Å². The largest absolute Gasteiger partial charge is 0.371 e. The van der Waals surface area contributed by atoms with Crippen LogP contribution in [0.1, 0.15) is 62.3 Å². The molecule has 0 saturated heterocycles. The van der Waals surface area contributed by atoms with Gasteiger partial charge in [-0.3, -0.25) is 0 Å². The molecule has 0 rings (SSSR count). The standard InChI is InChI=1S/C14H30N2O/c1-12(2,3)10(16-14(7,8)9)15-11(17)13(4,5)6/h11,17H,1-9H3,(H,15,16). The van der Waals surface area contributed by atoms with Crippen LogP contribution in [-0.4, -0.2) is 22.7 Å².